The van der Waals surface area contributed by atoms with Crippen LogP contribution in [0.3, 0.4) is 0 Å². The molecule has 1 saturated carbocycles. The van der Waals surface area contributed by atoms with Crippen LogP contribution in [0.15, 0.2) is 42.5 Å². The van der Waals surface area contributed by atoms with E-state index in [2.05, 4.69) is 5.32 Å². The van der Waals surface area contributed by atoms with Gasteiger partial charge in [0, 0.05) is 12.8 Å². The Morgan fingerprint density at radius 3 is 2.23 bits per heavy atom. The van der Waals surface area contributed by atoms with E-state index in [1.807, 2.05) is 44.2 Å². The molecule has 1 aliphatic rings. The van der Waals surface area contributed by atoms with E-state index < -0.39 is 11.5 Å². The van der Waals surface area contributed by atoms with Gasteiger partial charge in [-0.15, -0.1) is 0 Å². The third kappa shape index (κ3) is 5.32. The number of hydrogen-bond donors (Lipinski definition) is 1. The minimum atomic E-state index is -0.769. The molecular formula is C27H35N2O6+. The van der Waals surface area contributed by atoms with Crippen LogP contribution in [0.5, 0.6) is 5.75 Å². The van der Waals surface area contributed by atoms with E-state index >= 15 is 0 Å². The minimum Gasteiger partial charge on any atom is -0.497 e. The fourth-order valence-corrected chi connectivity index (χ4v) is 4.81. The van der Waals surface area contributed by atoms with E-state index in [0.29, 0.717) is 42.9 Å². The molecule has 1 amide bonds. The molecule has 0 atom stereocenters. The summed E-state index contributed by atoms with van der Waals surface area (Å²) in [6, 6.07) is 12.8. The number of nitrogens with one attached hydrogen (secondary N) is 1. The lowest BCUT2D eigenvalue weighted by Gasteiger charge is -2.42. The molecule has 1 N–H and O–H groups in total. The first-order chi connectivity index (χ1) is 16.8. The first-order valence-electron chi connectivity index (χ1n) is 11.9. The third-order valence-electron chi connectivity index (χ3n) is 7.13. The highest BCUT2D eigenvalue weighted by atomic mass is 16.5. The van der Waals surface area contributed by atoms with Gasteiger partial charge in [0.1, 0.15) is 12.4 Å². The Balaban J connectivity index is 1.83. The maximum atomic E-state index is 13.7. The van der Waals surface area contributed by atoms with Gasteiger partial charge in [-0.3, -0.25) is 4.79 Å². The lowest BCUT2D eigenvalue weighted by Crippen LogP contribution is -2.64. The van der Waals surface area contributed by atoms with E-state index in [-0.39, 0.29) is 35.1 Å². The van der Waals surface area contributed by atoms with Crippen molar-refractivity contribution in [3.8, 4) is 5.75 Å². The molecule has 0 radical (unpaired) electrons. The summed E-state index contributed by atoms with van der Waals surface area (Å²) in [5.74, 6) is -0.623. The van der Waals surface area contributed by atoms with Crippen LogP contribution in [0.1, 0.15) is 48.2 Å². The van der Waals surface area contributed by atoms with Crippen LogP contribution in [0.2, 0.25) is 0 Å². The quantitative estimate of drug-likeness (QED) is 0.386. The van der Waals surface area contributed by atoms with Gasteiger partial charge in [0.25, 0.3) is 5.91 Å². The Labute approximate surface area is 206 Å². The number of quaternary nitrogens is 1. The first kappa shape index (κ1) is 26.2. The molecular weight excluding hydrogens is 448 g/mol. The largest absolute Gasteiger partial charge is 0.497 e. The van der Waals surface area contributed by atoms with Gasteiger partial charge in [-0.25, -0.2) is 9.59 Å². The molecule has 1 aliphatic carbocycles. The number of amides is 1. The summed E-state index contributed by atoms with van der Waals surface area (Å²) in [4.78, 5) is 39.0. The third-order valence-corrected chi connectivity index (χ3v) is 7.13. The van der Waals surface area contributed by atoms with Crippen molar-refractivity contribution in [3.63, 3.8) is 0 Å². The number of methoxy groups -OCH3 is 2. The number of hydrogen-bond acceptors (Lipinski definition) is 6. The molecule has 0 bridgehead atoms. The van der Waals surface area contributed by atoms with Gasteiger partial charge in [-0.1, -0.05) is 30.3 Å². The van der Waals surface area contributed by atoms with Crippen molar-refractivity contribution in [2.75, 3.05) is 39.2 Å². The van der Waals surface area contributed by atoms with Crippen LogP contribution in [0, 0.1) is 6.92 Å². The molecule has 0 saturated heterocycles. The molecule has 2 aromatic rings. The Hall–Kier alpha value is -3.39. The summed E-state index contributed by atoms with van der Waals surface area (Å²) in [6.45, 7) is 7.25. The van der Waals surface area contributed by atoms with E-state index in [9.17, 15) is 14.4 Å². The van der Waals surface area contributed by atoms with Gasteiger partial charge in [0.05, 0.1) is 38.6 Å². The van der Waals surface area contributed by atoms with Crippen LogP contribution < -0.4 is 10.1 Å². The van der Waals surface area contributed by atoms with Gasteiger partial charge >= 0.3 is 11.9 Å². The summed E-state index contributed by atoms with van der Waals surface area (Å²) in [7, 11) is 2.81. The maximum Gasteiger partial charge on any atom is 0.362 e. The van der Waals surface area contributed by atoms with Crippen molar-refractivity contribution in [1.82, 2.24) is 0 Å². The van der Waals surface area contributed by atoms with E-state index in [0.717, 1.165) is 5.56 Å². The molecule has 0 heterocycles. The standard InChI is InChI=1S/C27H34N2O6/c1-6-29(7-2,17-23(30)35-18-20-11-9-8-10-12-20)27(13-14-27)26(32)28-24-19(3)15-21(33-4)16-22(24)25(31)34-5/h8-12,15-16H,6-7,13-14,17-18H2,1-5H3/p+1. The number of carbonyl (C=O) groups is 3. The zero-order chi connectivity index (χ0) is 25.6. The van der Waals surface area contributed by atoms with Crippen molar-refractivity contribution in [3.05, 3.63) is 59.2 Å². The molecule has 0 aliphatic heterocycles. The molecule has 8 heteroatoms. The number of likely N-dealkylation sites (N-methyl/N-ethyl adjacent to an activating group) is 1. The second-order valence-corrected chi connectivity index (χ2v) is 8.93. The van der Waals surface area contributed by atoms with Gasteiger partial charge in [-0.2, -0.15) is 0 Å². The molecule has 188 valence electrons. The van der Waals surface area contributed by atoms with Crippen molar-refractivity contribution in [2.24, 2.45) is 0 Å². The number of carbonyl (C=O) groups excluding carboxylic acids is 3. The fourth-order valence-electron chi connectivity index (χ4n) is 4.81. The van der Waals surface area contributed by atoms with Crippen molar-refractivity contribution in [2.45, 2.75) is 45.8 Å². The average molecular weight is 484 g/mol. The predicted octanol–water partition coefficient (Wildman–Crippen LogP) is 3.86. The van der Waals surface area contributed by atoms with Crippen molar-refractivity contribution < 1.29 is 33.1 Å². The number of ether oxygens (including phenoxy) is 3. The summed E-state index contributed by atoms with van der Waals surface area (Å²) >= 11 is 0. The van der Waals surface area contributed by atoms with Crippen LogP contribution in [0.25, 0.3) is 0 Å². The Bertz CT molecular complexity index is 1070. The van der Waals surface area contributed by atoms with Crippen LogP contribution >= 0.6 is 0 Å². The lowest BCUT2D eigenvalue weighted by molar-refractivity contribution is -0.942. The van der Waals surface area contributed by atoms with Crippen molar-refractivity contribution in [1.29, 1.82) is 0 Å². The minimum absolute atomic E-state index is 0.0959. The molecule has 35 heavy (non-hydrogen) atoms. The number of benzene rings is 2. The number of aryl methyl sites for hydroxylation is 1. The SMILES string of the molecule is CC[N+](CC)(CC(=O)OCc1ccccc1)C1(C(=O)Nc2c(C)cc(OC)cc2C(=O)OC)CC1. The number of rotatable bonds is 11. The molecule has 8 nitrogen and oxygen atoms in total. The topological polar surface area (TPSA) is 90.9 Å². The van der Waals surface area contributed by atoms with Gasteiger partial charge in [0.2, 0.25) is 0 Å². The van der Waals surface area contributed by atoms with Crippen LogP contribution in [0.4, 0.5) is 5.69 Å². The lowest BCUT2D eigenvalue weighted by atomic mass is 10.0. The Morgan fingerprint density at radius 1 is 1.03 bits per heavy atom. The first-order valence-corrected chi connectivity index (χ1v) is 11.9. The monoisotopic (exact) mass is 483 g/mol. The summed E-state index contributed by atoms with van der Waals surface area (Å²) in [5.41, 5.74) is 1.45. The smallest absolute Gasteiger partial charge is 0.362 e. The zero-order valence-corrected chi connectivity index (χ0v) is 21.2. The number of nitrogens with zero attached hydrogens (tertiary/aromatic N) is 1. The highest BCUT2D eigenvalue weighted by molar-refractivity contribution is 6.06. The Morgan fingerprint density at radius 2 is 1.69 bits per heavy atom. The maximum absolute atomic E-state index is 13.7. The van der Waals surface area contributed by atoms with E-state index in [1.54, 1.807) is 19.1 Å². The predicted molar refractivity (Wildman–Crippen MR) is 132 cm³/mol. The van der Waals surface area contributed by atoms with Gasteiger partial charge in [-0.05, 0) is 44.0 Å². The van der Waals surface area contributed by atoms with Crippen molar-refractivity contribution >= 4 is 23.5 Å². The molecule has 3 rings (SSSR count). The Kier molecular flexibility index (Phi) is 8.17. The molecule has 0 aromatic heterocycles. The molecule has 2 aromatic carbocycles. The van der Waals surface area contributed by atoms with Crippen LogP contribution in [-0.4, -0.2) is 61.7 Å². The zero-order valence-electron chi connectivity index (χ0n) is 21.2. The summed E-state index contributed by atoms with van der Waals surface area (Å²) in [5, 5.41) is 2.99. The number of anilines is 1. The van der Waals surface area contributed by atoms with E-state index in [1.165, 1.54) is 14.2 Å². The number of esters is 2. The van der Waals surface area contributed by atoms with Crippen LogP contribution in [-0.2, 0) is 25.7 Å². The summed E-state index contributed by atoms with van der Waals surface area (Å²) < 4.78 is 16.1. The van der Waals surface area contributed by atoms with Gasteiger partial charge in [0.15, 0.2) is 12.1 Å². The summed E-state index contributed by atoms with van der Waals surface area (Å²) in [6.07, 6.45) is 1.30. The molecule has 1 fully saturated rings. The van der Waals surface area contributed by atoms with E-state index in [4.69, 9.17) is 14.2 Å². The second kappa shape index (κ2) is 10.9. The van der Waals surface area contributed by atoms with Gasteiger partial charge < -0.3 is 24.0 Å². The highest BCUT2D eigenvalue weighted by Gasteiger charge is 2.65. The normalized spacial score (nSPS) is 14.1. The highest BCUT2D eigenvalue weighted by Crippen LogP contribution is 2.48. The fraction of sp³-hybridized carbons (Fsp3) is 0.444. The molecule has 0 spiro atoms. The second-order valence-electron chi connectivity index (χ2n) is 8.93. The average Bonchev–Trinajstić information content (AvgIpc) is 3.69. The molecule has 0 unspecified atom stereocenters.